The van der Waals surface area contributed by atoms with Gasteiger partial charge in [-0.2, -0.15) is 0 Å². The van der Waals surface area contributed by atoms with Crippen LogP contribution in [0.4, 0.5) is 11.4 Å². The van der Waals surface area contributed by atoms with Gasteiger partial charge < -0.3 is 10.6 Å². The third-order valence-electron chi connectivity index (χ3n) is 4.21. The summed E-state index contributed by atoms with van der Waals surface area (Å²) in [5, 5.41) is 10.6. The van der Waals surface area contributed by atoms with E-state index in [1.165, 1.54) is 36.0 Å². The summed E-state index contributed by atoms with van der Waals surface area (Å²) >= 11 is 1.32. The lowest BCUT2D eigenvalue weighted by Gasteiger charge is -2.09. The maximum absolute atomic E-state index is 12.4. The molecule has 0 aliphatic heterocycles. The first-order valence-electron chi connectivity index (χ1n) is 9.24. The van der Waals surface area contributed by atoms with Gasteiger partial charge >= 0.3 is 0 Å². The number of nitrogens with two attached hydrogens (primary N) is 1. The first-order valence-corrected chi connectivity index (χ1v) is 11.8. The van der Waals surface area contributed by atoms with Crippen LogP contribution in [0.3, 0.4) is 0 Å². The molecule has 0 saturated carbocycles. The van der Waals surface area contributed by atoms with E-state index >= 15 is 0 Å². The van der Waals surface area contributed by atoms with Gasteiger partial charge in [0.15, 0.2) is 0 Å². The highest BCUT2D eigenvalue weighted by atomic mass is 32.2. The van der Waals surface area contributed by atoms with Crippen LogP contribution in [0.2, 0.25) is 0 Å². The highest BCUT2D eigenvalue weighted by molar-refractivity contribution is 8.00. The summed E-state index contributed by atoms with van der Waals surface area (Å²) in [6.45, 7) is 1.92. The minimum absolute atomic E-state index is 0.0237. The SMILES string of the molecule is Cc1cccc(C(=O)Nc2cccc(SCC(=O)Nc3ccc(S(N)(=O)=O)cc3)c2)c1. The van der Waals surface area contributed by atoms with Crippen LogP contribution >= 0.6 is 11.8 Å². The van der Waals surface area contributed by atoms with E-state index in [0.717, 1.165) is 10.5 Å². The zero-order valence-corrected chi connectivity index (χ0v) is 18.3. The fourth-order valence-electron chi connectivity index (χ4n) is 2.73. The Kier molecular flexibility index (Phi) is 7.11. The van der Waals surface area contributed by atoms with E-state index in [2.05, 4.69) is 10.6 Å². The molecule has 3 aromatic rings. The van der Waals surface area contributed by atoms with Gasteiger partial charge in [-0.05, 0) is 61.5 Å². The van der Waals surface area contributed by atoms with E-state index in [4.69, 9.17) is 5.14 Å². The van der Waals surface area contributed by atoms with Crippen molar-refractivity contribution >= 4 is 45.0 Å². The number of carbonyl (C=O) groups is 2. The molecule has 0 fully saturated rings. The predicted octanol–water partition coefficient (Wildman–Crippen LogP) is 3.63. The summed E-state index contributed by atoms with van der Waals surface area (Å²) in [7, 11) is -3.77. The molecule has 3 aromatic carbocycles. The number of hydrogen-bond acceptors (Lipinski definition) is 5. The Bertz CT molecular complexity index is 1210. The number of benzene rings is 3. The molecular formula is C22H21N3O4S2. The maximum Gasteiger partial charge on any atom is 0.255 e. The smallest absolute Gasteiger partial charge is 0.255 e. The van der Waals surface area contributed by atoms with Gasteiger partial charge in [0.05, 0.1) is 10.6 Å². The standard InChI is InChI=1S/C22H21N3O4S2/c1-15-4-2-5-16(12-15)22(27)25-18-6-3-7-19(13-18)30-14-21(26)24-17-8-10-20(11-9-17)31(23,28)29/h2-13H,14H2,1H3,(H,24,26)(H,25,27)(H2,23,28,29). The van der Waals surface area contributed by atoms with E-state index in [1.54, 1.807) is 24.3 Å². The monoisotopic (exact) mass is 455 g/mol. The summed E-state index contributed by atoms with van der Waals surface area (Å²) in [5.41, 5.74) is 2.68. The van der Waals surface area contributed by atoms with Crippen LogP contribution < -0.4 is 15.8 Å². The number of rotatable bonds is 7. The summed E-state index contributed by atoms with van der Waals surface area (Å²) in [5.74, 6) is -0.305. The number of amides is 2. The van der Waals surface area contributed by atoms with E-state index in [0.29, 0.717) is 16.9 Å². The van der Waals surface area contributed by atoms with Crippen LogP contribution in [0.5, 0.6) is 0 Å². The average Bonchev–Trinajstić information content (AvgIpc) is 2.72. The van der Waals surface area contributed by atoms with Crippen LogP contribution in [0.25, 0.3) is 0 Å². The molecule has 0 radical (unpaired) electrons. The Labute approximate surface area is 185 Å². The molecule has 0 aliphatic carbocycles. The molecule has 0 bridgehead atoms. The minimum atomic E-state index is -3.77. The van der Waals surface area contributed by atoms with Gasteiger partial charge in [-0.3, -0.25) is 9.59 Å². The Morgan fingerprint density at radius 1 is 0.903 bits per heavy atom. The van der Waals surface area contributed by atoms with Crippen molar-refractivity contribution in [3.63, 3.8) is 0 Å². The summed E-state index contributed by atoms with van der Waals surface area (Å²) in [4.78, 5) is 25.4. The zero-order valence-electron chi connectivity index (χ0n) is 16.7. The van der Waals surface area contributed by atoms with Crippen molar-refractivity contribution in [2.24, 2.45) is 5.14 Å². The summed E-state index contributed by atoms with van der Waals surface area (Å²) in [6.07, 6.45) is 0. The minimum Gasteiger partial charge on any atom is -0.325 e. The third-order valence-corrected chi connectivity index (χ3v) is 6.13. The number of aryl methyl sites for hydroxylation is 1. The lowest BCUT2D eigenvalue weighted by Crippen LogP contribution is -2.15. The number of carbonyl (C=O) groups excluding carboxylic acids is 2. The predicted molar refractivity (Wildman–Crippen MR) is 123 cm³/mol. The zero-order chi connectivity index (χ0) is 22.4. The summed E-state index contributed by atoms with van der Waals surface area (Å²) < 4.78 is 22.6. The van der Waals surface area contributed by atoms with Crippen molar-refractivity contribution in [3.05, 3.63) is 83.9 Å². The van der Waals surface area contributed by atoms with Crippen molar-refractivity contribution in [3.8, 4) is 0 Å². The van der Waals surface area contributed by atoms with Gasteiger partial charge in [0.1, 0.15) is 0 Å². The largest absolute Gasteiger partial charge is 0.325 e. The van der Waals surface area contributed by atoms with Crippen molar-refractivity contribution in [2.75, 3.05) is 16.4 Å². The molecule has 31 heavy (non-hydrogen) atoms. The van der Waals surface area contributed by atoms with E-state index in [-0.39, 0.29) is 22.5 Å². The normalized spacial score (nSPS) is 11.0. The van der Waals surface area contributed by atoms with Crippen LogP contribution in [0, 0.1) is 6.92 Å². The molecule has 0 aliphatic rings. The molecule has 2 amide bonds. The van der Waals surface area contributed by atoms with Crippen molar-refractivity contribution in [1.82, 2.24) is 0 Å². The molecule has 0 aromatic heterocycles. The van der Waals surface area contributed by atoms with Crippen LogP contribution in [0.1, 0.15) is 15.9 Å². The van der Waals surface area contributed by atoms with Crippen LogP contribution in [-0.4, -0.2) is 26.0 Å². The van der Waals surface area contributed by atoms with E-state index in [9.17, 15) is 18.0 Å². The highest BCUT2D eigenvalue weighted by Gasteiger charge is 2.10. The molecule has 9 heteroatoms. The maximum atomic E-state index is 12.4. The fraction of sp³-hybridized carbons (Fsp3) is 0.0909. The third kappa shape index (κ3) is 6.68. The number of nitrogens with one attached hydrogen (secondary N) is 2. The second kappa shape index (κ2) is 9.78. The lowest BCUT2D eigenvalue weighted by molar-refractivity contribution is -0.113. The Morgan fingerprint density at radius 3 is 2.29 bits per heavy atom. The Morgan fingerprint density at radius 2 is 1.61 bits per heavy atom. The van der Waals surface area contributed by atoms with Gasteiger partial charge in [0, 0.05) is 21.8 Å². The van der Waals surface area contributed by atoms with Crippen molar-refractivity contribution in [2.45, 2.75) is 16.7 Å². The van der Waals surface area contributed by atoms with Gasteiger partial charge in [0.2, 0.25) is 15.9 Å². The second-order valence-corrected chi connectivity index (χ2v) is 9.37. The Balaban J connectivity index is 1.56. The molecule has 0 saturated heterocycles. The van der Waals surface area contributed by atoms with Crippen LogP contribution in [-0.2, 0) is 14.8 Å². The molecule has 0 atom stereocenters. The van der Waals surface area contributed by atoms with Crippen molar-refractivity contribution < 1.29 is 18.0 Å². The molecule has 4 N–H and O–H groups in total. The number of sulfonamides is 1. The average molecular weight is 456 g/mol. The lowest BCUT2D eigenvalue weighted by atomic mass is 10.1. The molecule has 160 valence electrons. The van der Waals surface area contributed by atoms with E-state index < -0.39 is 10.0 Å². The molecule has 0 unspecified atom stereocenters. The molecule has 7 nitrogen and oxygen atoms in total. The topological polar surface area (TPSA) is 118 Å². The fourth-order valence-corrected chi connectivity index (χ4v) is 4.00. The molecule has 0 spiro atoms. The first kappa shape index (κ1) is 22.5. The van der Waals surface area contributed by atoms with Crippen molar-refractivity contribution in [1.29, 1.82) is 0 Å². The summed E-state index contributed by atoms with van der Waals surface area (Å²) in [6, 6.07) is 20.2. The first-order chi connectivity index (χ1) is 14.7. The van der Waals surface area contributed by atoms with Gasteiger partial charge in [0.25, 0.3) is 5.91 Å². The van der Waals surface area contributed by atoms with Crippen LogP contribution in [0.15, 0.2) is 82.6 Å². The second-order valence-electron chi connectivity index (χ2n) is 6.76. The number of primary sulfonamides is 1. The molecular weight excluding hydrogens is 434 g/mol. The van der Waals surface area contributed by atoms with Gasteiger partial charge in [-0.1, -0.05) is 23.8 Å². The quantitative estimate of drug-likeness (QED) is 0.470. The van der Waals surface area contributed by atoms with E-state index in [1.807, 2.05) is 31.2 Å². The number of thioether (sulfide) groups is 1. The number of anilines is 2. The molecule has 0 heterocycles. The van der Waals surface area contributed by atoms with Gasteiger partial charge in [-0.15, -0.1) is 11.8 Å². The number of hydrogen-bond donors (Lipinski definition) is 3. The van der Waals surface area contributed by atoms with Gasteiger partial charge in [-0.25, -0.2) is 13.6 Å². The molecule has 3 rings (SSSR count). The Hall–Kier alpha value is -3.14. The highest BCUT2D eigenvalue weighted by Crippen LogP contribution is 2.23.